The number of hydrogen-bond acceptors (Lipinski definition) is 6. The highest BCUT2D eigenvalue weighted by molar-refractivity contribution is 6.07. The number of carbonyl (C=O) groups excluding carboxylic acids is 1. The van der Waals surface area contributed by atoms with Crippen LogP contribution in [0.1, 0.15) is 47.9 Å². The number of imidazole rings is 1. The molecule has 3 aromatic rings. The Balaban J connectivity index is 1.84. The Morgan fingerprint density at radius 2 is 2.07 bits per heavy atom. The maximum absolute atomic E-state index is 12.6. The lowest BCUT2D eigenvalue weighted by Gasteiger charge is -2.11. The molecule has 0 saturated heterocycles. The summed E-state index contributed by atoms with van der Waals surface area (Å²) in [5.41, 5.74) is 4.09. The fourth-order valence-corrected chi connectivity index (χ4v) is 3.12. The Morgan fingerprint density at radius 1 is 1.29 bits per heavy atom. The van der Waals surface area contributed by atoms with Crippen molar-refractivity contribution in [3.63, 3.8) is 0 Å². The van der Waals surface area contributed by atoms with E-state index in [2.05, 4.69) is 32.8 Å². The molecule has 8 heteroatoms. The van der Waals surface area contributed by atoms with Gasteiger partial charge in [0.25, 0.3) is 5.91 Å². The summed E-state index contributed by atoms with van der Waals surface area (Å²) in [5, 5.41) is 16.9. The minimum Gasteiger partial charge on any atom is -0.388 e. The van der Waals surface area contributed by atoms with Crippen LogP contribution in [-0.2, 0) is 0 Å². The maximum Gasteiger partial charge on any atom is 0.256 e. The molecule has 1 aromatic carbocycles. The van der Waals surface area contributed by atoms with Gasteiger partial charge in [-0.25, -0.2) is 9.97 Å². The van der Waals surface area contributed by atoms with Crippen LogP contribution in [0.3, 0.4) is 0 Å². The zero-order chi connectivity index (χ0) is 20.3. The summed E-state index contributed by atoms with van der Waals surface area (Å²) in [4.78, 5) is 21.5. The molecule has 8 nitrogen and oxygen atoms in total. The summed E-state index contributed by atoms with van der Waals surface area (Å²) in [6.07, 6.45) is 6.26. The summed E-state index contributed by atoms with van der Waals surface area (Å²) < 4.78 is 1.86. The lowest BCUT2D eigenvalue weighted by molar-refractivity contribution is 0.102. The molecule has 28 heavy (non-hydrogen) atoms. The van der Waals surface area contributed by atoms with Gasteiger partial charge in [0.2, 0.25) is 0 Å². The third kappa shape index (κ3) is 3.86. The van der Waals surface area contributed by atoms with Crippen molar-refractivity contribution in [1.29, 1.82) is 5.41 Å². The van der Waals surface area contributed by atoms with E-state index >= 15 is 0 Å². The second kappa shape index (κ2) is 8.18. The first-order chi connectivity index (χ1) is 13.5. The van der Waals surface area contributed by atoms with Crippen LogP contribution < -0.4 is 16.0 Å². The van der Waals surface area contributed by atoms with Crippen LogP contribution in [0.25, 0.3) is 5.65 Å². The van der Waals surface area contributed by atoms with E-state index in [9.17, 15) is 4.79 Å². The quantitative estimate of drug-likeness (QED) is 0.472. The molecule has 0 spiro atoms. The number of nitrogens with zero attached hydrogens (tertiary/aromatic N) is 3. The lowest BCUT2D eigenvalue weighted by atomic mass is 10.1. The monoisotopic (exact) mass is 379 g/mol. The average molecular weight is 379 g/mol. The van der Waals surface area contributed by atoms with Gasteiger partial charge in [0.15, 0.2) is 5.65 Å². The largest absolute Gasteiger partial charge is 0.388 e. The van der Waals surface area contributed by atoms with Crippen molar-refractivity contribution in [2.45, 2.75) is 26.3 Å². The van der Waals surface area contributed by atoms with E-state index in [0.717, 1.165) is 29.0 Å². The molecule has 0 bridgehead atoms. The van der Waals surface area contributed by atoms with E-state index in [0.29, 0.717) is 17.1 Å². The Labute approximate surface area is 163 Å². The maximum atomic E-state index is 12.6. The number of aromatic nitrogens is 3. The van der Waals surface area contributed by atoms with Crippen molar-refractivity contribution in [3.8, 4) is 0 Å². The standard InChI is InChI=1S/C20H25N7O/c1-5-15(22-3)17-10-27-11-18(24-9-19(27)25-17)26-20(28)13-6-7-14(12(2)21)16(8-13)23-4/h6-11,15,21-23H,5H2,1-4H3,(H,26,28). The highest BCUT2D eigenvalue weighted by Gasteiger charge is 2.14. The number of amides is 1. The molecule has 0 aliphatic rings. The molecule has 146 valence electrons. The third-order valence-corrected chi connectivity index (χ3v) is 4.67. The van der Waals surface area contributed by atoms with Crippen LogP contribution in [0.15, 0.2) is 36.8 Å². The number of fused-ring (bicyclic) bond motifs is 1. The predicted molar refractivity (Wildman–Crippen MR) is 112 cm³/mol. The molecule has 2 heterocycles. The van der Waals surface area contributed by atoms with Gasteiger partial charge in [-0.2, -0.15) is 0 Å². The topological polar surface area (TPSA) is 107 Å². The van der Waals surface area contributed by atoms with E-state index in [1.165, 1.54) is 0 Å². The molecular weight excluding hydrogens is 354 g/mol. The Bertz CT molecular complexity index is 1020. The van der Waals surface area contributed by atoms with Crippen LogP contribution in [0.5, 0.6) is 0 Å². The summed E-state index contributed by atoms with van der Waals surface area (Å²) in [6, 6.07) is 5.38. The van der Waals surface area contributed by atoms with E-state index < -0.39 is 0 Å². The van der Waals surface area contributed by atoms with Gasteiger partial charge in [-0.05, 0) is 32.5 Å². The zero-order valence-corrected chi connectivity index (χ0v) is 16.5. The highest BCUT2D eigenvalue weighted by atomic mass is 16.1. The normalized spacial score (nSPS) is 12.0. The summed E-state index contributed by atoms with van der Waals surface area (Å²) >= 11 is 0. The Hall–Kier alpha value is -3.26. The van der Waals surface area contributed by atoms with Gasteiger partial charge in [0.05, 0.1) is 24.1 Å². The molecule has 1 amide bonds. The van der Waals surface area contributed by atoms with Crippen molar-refractivity contribution in [3.05, 3.63) is 53.6 Å². The minimum absolute atomic E-state index is 0.175. The van der Waals surface area contributed by atoms with Crippen LogP contribution in [0.2, 0.25) is 0 Å². The molecule has 1 unspecified atom stereocenters. The first kappa shape index (κ1) is 19.5. The smallest absolute Gasteiger partial charge is 0.256 e. The molecule has 3 rings (SSSR count). The predicted octanol–water partition coefficient (Wildman–Crippen LogP) is 3.08. The molecule has 0 aliphatic heterocycles. The Morgan fingerprint density at radius 3 is 2.71 bits per heavy atom. The van der Waals surface area contributed by atoms with Crippen molar-refractivity contribution in [1.82, 2.24) is 19.7 Å². The first-order valence-electron chi connectivity index (χ1n) is 9.17. The van der Waals surface area contributed by atoms with Gasteiger partial charge >= 0.3 is 0 Å². The third-order valence-electron chi connectivity index (χ3n) is 4.67. The average Bonchev–Trinajstić information content (AvgIpc) is 3.11. The van der Waals surface area contributed by atoms with Crippen LogP contribution in [0.4, 0.5) is 11.5 Å². The fourth-order valence-electron chi connectivity index (χ4n) is 3.12. The van der Waals surface area contributed by atoms with Gasteiger partial charge in [0.1, 0.15) is 5.82 Å². The second-order valence-corrected chi connectivity index (χ2v) is 6.54. The SMILES string of the molecule is CCC(NC)c1cn2cc(NC(=O)c3ccc(C(C)=N)c(NC)c3)ncc2n1. The number of anilines is 2. The van der Waals surface area contributed by atoms with Crippen molar-refractivity contribution in [2.75, 3.05) is 24.7 Å². The van der Waals surface area contributed by atoms with Crippen LogP contribution >= 0.6 is 0 Å². The number of benzene rings is 1. The van der Waals surface area contributed by atoms with E-state index in [-0.39, 0.29) is 11.9 Å². The van der Waals surface area contributed by atoms with Crippen molar-refractivity contribution in [2.24, 2.45) is 0 Å². The first-order valence-corrected chi connectivity index (χ1v) is 9.17. The van der Waals surface area contributed by atoms with Crippen molar-refractivity contribution >= 4 is 28.8 Å². The molecule has 4 N–H and O–H groups in total. The second-order valence-electron chi connectivity index (χ2n) is 6.54. The van der Waals surface area contributed by atoms with Gasteiger partial charge in [0, 0.05) is 35.8 Å². The number of rotatable bonds is 7. The van der Waals surface area contributed by atoms with Gasteiger partial charge in [-0.3, -0.25) is 4.79 Å². The molecule has 2 aromatic heterocycles. The van der Waals surface area contributed by atoms with E-state index in [1.807, 2.05) is 17.6 Å². The van der Waals surface area contributed by atoms with Gasteiger partial charge in [-0.1, -0.05) is 13.0 Å². The van der Waals surface area contributed by atoms with Gasteiger partial charge < -0.3 is 25.8 Å². The number of hydrogen-bond donors (Lipinski definition) is 4. The summed E-state index contributed by atoms with van der Waals surface area (Å²) in [7, 11) is 3.68. The highest BCUT2D eigenvalue weighted by Crippen LogP contribution is 2.20. The zero-order valence-electron chi connectivity index (χ0n) is 16.5. The van der Waals surface area contributed by atoms with Crippen LogP contribution in [-0.4, -0.2) is 40.1 Å². The molecule has 0 aliphatic carbocycles. The summed E-state index contributed by atoms with van der Waals surface area (Å²) in [6.45, 7) is 3.81. The molecular formula is C20H25N7O. The summed E-state index contributed by atoms with van der Waals surface area (Å²) in [5.74, 6) is 0.178. The molecule has 0 fully saturated rings. The molecule has 0 radical (unpaired) electrons. The minimum atomic E-state index is -0.264. The van der Waals surface area contributed by atoms with Gasteiger partial charge in [-0.15, -0.1) is 0 Å². The number of carbonyl (C=O) groups is 1. The van der Waals surface area contributed by atoms with Crippen molar-refractivity contribution < 1.29 is 4.79 Å². The van der Waals surface area contributed by atoms with Crippen LogP contribution in [0, 0.1) is 5.41 Å². The van der Waals surface area contributed by atoms with E-state index in [4.69, 9.17) is 5.41 Å². The Kier molecular flexibility index (Phi) is 5.70. The fraction of sp³-hybridized carbons (Fsp3) is 0.300. The molecule has 0 saturated carbocycles. The van der Waals surface area contributed by atoms with E-state index in [1.54, 1.807) is 44.6 Å². The lowest BCUT2D eigenvalue weighted by Crippen LogP contribution is -2.15. The molecule has 1 atom stereocenters. The number of nitrogens with one attached hydrogen (secondary N) is 4.